The van der Waals surface area contributed by atoms with Gasteiger partial charge in [0.25, 0.3) is 0 Å². The molecule has 0 heterocycles. The van der Waals surface area contributed by atoms with Crippen LogP contribution in [0, 0.1) is 11.6 Å². The summed E-state index contributed by atoms with van der Waals surface area (Å²) in [5.41, 5.74) is 5.63. The molecule has 0 bridgehead atoms. The van der Waals surface area contributed by atoms with Crippen molar-refractivity contribution in [1.82, 2.24) is 0 Å². The number of benzene rings is 2. The minimum atomic E-state index is -0.826. The minimum absolute atomic E-state index is 0.0499. The number of hydrogen-bond acceptors (Lipinski definition) is 3. The lowest BCUT2D eigenvalue weighted by Crippen LogP contribution is -2.08. The van der Waals surface area contributed by atoms with Crippen LogP contribution < -0.4 is 10.5 Å². The van der Waals surface area contributed by atoms with E-state index in [-0.39, 0.29) is 27.0 Å². The van der Waals surface area contributed by atoms with E-state index in [0.29, 0.717) is 0 Å². The van der Waals surface area contributed by atoms with Crippen molar-refractivity contribution in [2.45, 2.75) is 0 Å². The molecular formula is C14H10BrF2NO2. The van der Waals surface area contributed by atoms with Crippen LogP contribution >= 0.6 is 15.9 Å². The maximum atomic E-state index is 13.8. The van der Waals surface area contributed by atoms with Crippen molar-refractivity contribution < 1.29 is 18.3 Å². The monoisotopic (exact) mass is 341 g/mol. The zero-order valence-electron chi connectivity index (χ0n) is 10.4. The molecule has 0 aliphatic rings. The van der Waals surface area contributed by atoms with Crippen LogP contribution in [0.2, 0.25) is 0 Å². The van der Waals surface area contributed by atoms with Gasteiger partial charge in [-0.05, 0) is 40.2 Å². The molecule has 0 aliphatic carbocycles. The van der Waals surface area contributed by atoms with Crippen LogP contribution in [-0.2, 0) is 0 Å². The van der Waals surface area contributed by atoms with E-state index in [1.54, 1.807) is 6.07 Å². The summed E-state index contributed by atoms with van der Waals surface area (Å²) in [5, 5.41) is 0. The predicted molar refractivity (Wildman–Crippen MR) is 74.9 cm³/mol. The maximum Gasteiger partial charge on any atom is 0.199 e. The maximum absolute atomic E-state index is 13.8. The smallest absolute Gasteiger partial charge is 0.199 e. The molecule has 3 nitrogen and oxygen atoms in total. The molecule has 0 aromatic heterocycles. The number of rotatable bonds is 3. The second-order valence-electron chi connectivity index (χ2n) is 4.00. The van der Waals surface area contributed by atoms with Gasteiger partial charge < -0.3 is 10.5 Å². The second kappa shape index (κ2) is 5.58. The first-order valence-electron chi connectivity index (χ1n) is 5.57. The molecule has 0 saturated carbocycles. The summed E-state index contributed by atoms with van der Waals surface area (Å²) in [4.78, 5) is 12.3. The molecule has 0 saturated heterocycles. The number of para-hydroxylation sites is 1. The van der Waals surface area contributed by atoms with Crippen LogP contribution in [0.3, 0.4) is 0 Å². The van der Waals surface area contributed by atoms with Gasteiger partial charge in [0, 0.05) is 0 Å². The van der Waals surface area contributed by atoms with Crippen molar-refractivity contribution in [1.29, 1.82) is 0 Å². The number of nitrogens with two attached hydrogens (primary N) is 1. The molecule has 2 aromatic carbocycles. The molecule has 0 fully saturated rings. The van der Waals surface area contributed by atoms with E-state index in [4.69, 9.17) is 10.5 Å². The van der Waals surface area contributed by atoms with Gasteiger partial charge in [0.15, 0.2) is 11.5 Å². The molecule has 0 amide bonds. The van der Waals surface area contributed by atoms with Gasteiger partial charge in [-0.2, -0.15) is 0 Å². The predicted octanol–water partition coefficient (Wildman–Crippen LogP) is 3.55. The van der Waals surface area contributed by atoms with Gasteiger partial charge in [0.05, 0.1) is 28.4 Å². The highest BCUT2D eigenvalue weighted by atomic mass is 79.9. The zero-order chi connectivity index (χ0) is 14.9. The molecule has 104 valence electrons. The van der Waals surface area contributed by atoms with Crippen molar-refractivity contribution in [3.63, 3.8) is 0 Å². The molecule has 2 N–H and O–H groups in total. The molecule has 2 aromatic rings. The van der Waals surface area contributed by atoms with Crippen molar-refractivity contribution in [2.75, 3.05) is 12.8 Å². The van der Waals surface area contributed by atoms with Crippen molar-refractivity contribution in [3.05, 3.63) is 57.6 Å². The fourth-order valence-electron chi connectivity index (χ4n) is 1.80. The van der Waals surface area contributed by atoms with Crippen LogP contribution in [0.4, 0.5) is 14.5 Å². The van der Waals surface area contributed by atoms with Gasteiger partial charge in [-0.3, -0.25) is 4.79 Å². The number of ketones is 1. The lowest BCUT2D eigenvalue weighted by Gasteiger charge is -2.11. The summed E-state index contributed by atoms with van der Waals surface area (Å²) >= 11 is 2.85. The summed E-state index contributed by atoms with van der Waals surface area (Å²) in [5.74, 6) is -2.11. The van der Waals surface area contributed by atoms with Crippen LogP contribution in [0.5, 0.6) is 5.75 Å². The Balaban J connectivity index is 2.58. The van der Waals surface area contributed by atoms with Gasteiger partial charge in [0.1, 0.15) is 11.6 Å². The van der Waals surface area contributed by atoms with Crippen molar-refractivity contribution >= 4 is 27.4 Å². The molecule has 0 radical (unpaired) electrons. The first-order chi connectivity index (χ1) is 9.45. The van der Waals surface area contributed by atoms with Crippen molar-refractivity contribution in [2.24, 2.45) is 0 Å². The van der Waals surface area contributed by atoms with Gasteiger partial charge >= 0.3 is 0 Å². The van der Waals surface area contributed by atoms with Gasteiger partial charge in [-0.25, -0.2) is 8.78 Å². The molecule has 6 heteroatoms. The Kier molecular flexibility index (Phi) is 4.04. The van der Waals surface area contributed by atoms with E-state index < -0.39 is 17.4 Å². The van der Waals surface area contributed by atoms with E-state index in [2.05, 4.69) is 15.9 Å². The van der Waals surface area contributed by atoms with Gasteiger partial charge in [-0.15, -0.1) is 0 Å². The average Bonchev–Trinajstić information content (AvgIpc) is 2.41. The first-order valence-corrected chi connectivity index (χ1v) is 6.36. The topological polar surface area (TPSA) is 52.3 Å². The van der Waals surface area contributed by atoms with E-state index >= 15 is 0 Å². The summed E-state index contributed by atoms with van der Waals surface area (Å²) < 4.78 is 32.3. The minimum Gasteiger partial charge on any atom is -0.494 e. The highest BCUT2D eigenvalue weighted by molar-refractivity contribution is 9.10. The SMILES string of the molecule is COc1c(N)cccc1C(=O)c1cc(F)c(Br)cc1F. The Labute approximate surface area is 122 Å². The highest BCUT2D eigenvalue weighted by Gasteiger charge is 2.21. The number of ether oxygens (including phenoxy) is 1. The highest BCUT2D eigenvalue weighted by Crippen LogP contribution is 2.29. The Hall–Kier alpha value is -1.95. The molecule has 0 spiro atoms. The van der Waals surface area contributed by atoms with E-state index in [9.17, 15) is 13.6 Å². The number of hydrogen-bond donors (Lipinski definition) is 1. The van der Waals surface area contributed by atoms with Crippen LogP contribution in [-0.4, -0.2) is 12.9 Å². The van der Waals surface area contributed by atoms with Gasteiger partial charge in [0.2, 0.25) is 0 Å². The standard InChI is InChI=1S/C14H10BrF2NO2/c1-20-14-7(3-2-4-12(14)18)13(19)8-5-11(17)9(15)6-10(8)16/h2-6H,18H2,1H3. The molecular weight excluding hydrogens is 332 g/mol. The molecule has 0 atom stereocenters. The summed E-state index contributed by atoms with van der Waals surface area (Å²) in [7, 11) is 1.35. The lowest BCUT2D eigenvalue weighted by molar-refractivity contribution is 0.103. The number of carbonyl (C=O) groups is 1. The van der Waals surface area contributed by atoms with E-state index in [1.807, 2.05) is 0 Å². The molecule has 2 rings (SSSR count). The summed E-state index contributed by atoms with van der Waals surface area (Å²) in [6.45, 7) is 0. The molecule has 20 heavy (non-hydrogen) atoms. The normalized spacial score (nSPS) is 10.4. The Morgan fingerprint density at radius 2 is 1.90 bits per heavy atom. The third-order valence-electron chi connectivity index (χ3n) is 2.75. The van der Waals surface area contributed by atoms with E-state index in [0.717, 1.165) is 12.1 Å². The lowest BCUT2D eigenvalue weighted by atomic mass is 10.0. The van der Waals surface area contributed by atoms with Crippen LogP contribution in [0.15, 0.2) is 34.8 Å². The van der Waals surface area contributed by atoms with Gasteiger partial charge in [-0.1, -0.05) is 6.07 Å². The number of methoxy groups -OCH3 is 1. The second-order valence-corrected chi connectivity index (χ2v) is 4.86. The summed E-state index contributed by atoms with van der Waals surface area (Å²) in [6.07, 6.45) is 0. The molecule has 0 unspecified atom stereocenters. The average molecular weight is 342 g/mol. The number of nitrogen functional groups attached to an aromatic ring is 1. The van der Waals surface area contributed by atoms with E-state index in [1.165, 1.54) is 19.2 Å². The van der Waals surface area contributed by atoms with Crippen molar-refractivity contribution in [3.8, 4) is 5.75 Å². The van der Waals surface area contributed by atoms with Crippen LogP contribution in [0.25, 0.3) is 0 Å². The molecule has 0 aliphatic heterocycles. The third kappa shape index (κ3) is 2.51. The number of anilines is 1. The first kappa shape index (κ1) is 14.5. The number of halogens is 3. The Bertz CT molecular complexity index is 689. The zero-order valence-corrected chi connectivity index (χ0v) is 12.0. The largest absolute Gasteiger partial charge is 0.494 e. The Morgan fingerprint density at radius 1 is 1.20 bits per heavy atom. The third-order valence-corrected chi connectivity index (χ3v) is 3.36. The quantitative estimate of drug-likeness (QED) is 0.527. The number of carbonyl (C=O) groups excluding carboxylic acids is 1. The summed E-state index contributed by atoms with van der Waals surface area (Å²) in [6, 6.07) is 6.27. The Morgan fingerprint density at radius 3 is 2.55 bits per heavy atom. The fourth-order valence-corrected chi connectivity index (χ4v) is 2.12. The fraction of sp³-hybridized carbons (Fsp3) is 0.0714. The van der Waals surface area contributed by atoms with Crippen LogP contribution in [0.1, 0.15) is 15.9 Å².